The van der Waals surface area contributed by atoms with Crippen molar-refractivity contribution in [1.29, 1.82) is 0 Å². The lowest BCUT2D eigenvalue weighted by Crippen LogP contribution is -2.00. The van der Waals surface area contributed by atoms with E-state index >= 15 is 0 Å². The smallest absolute Gasteiger partial charge is 0.166 e. The molecule has 102 valence electrons. The number of fused-ring (bicyclic) bond motifs is 1. The highest BCUT2D eigenvalue weighted by Crippen LogP contribution is 2.19. The van der Waals surface area contributed by atoms with Crippen molar-refractivity contribution in [3.63, 3.8) is 0 Å². The maximum absolute atomic E-state index is 12.7. The number of H-pyrrole nitrogens is 1. The van der Waals surface area contributed by atoms with Crippen molar-refractivity contribution in [1.82, 2.24) is 9.97 Å². The molecule has 3 rings (SSSR count). The molecule has 1 heterocycles. The van der Waals surface area contributed by atoms with E-state index in [0.717, 1.165) is 21.9 Å². The highest BCUT2D eigenvalue weighted by Gasteiger charge is 2.02. The number of rotatable bonds is 5. The number of halogens is 1. The minimum Gasteiger partial charge on any atom is -0.493 e. The number of nitrogens with one attached hydrogen (secondary N) is 1. The van der Waals surface area contributed by atoms with Crippen LogP contribution in [-0.2, 0) is 0 Å². The average molecular weight is 288 g/mol. The Morgan fingerprint density at radius 3 is 2.70 bits per heavy atom. The second-order valence-electron chi connectivity index (χ2n) is 4.21. The topological polar surface area (TPSA) is 37.9 Å². The molecule has 0 spiro atoms. The molecule has 2 aromatic carbocycles. The molecule has 1 aromatic heterocycles. The summed E-state index contributed by atoms with van der Waals surface area (Å²) < 4.78 is 18.3. The average Bonchev–Trinajstić information content (AvgIpc) is 2.88. The van der Waals surface area contributed by atoms with Crippen molar-refractivity contribution in [3.05, 3.63) is 54.3 Å². The molecule has 0 radical (unpaired) electrons. The van der Waals surface area contributed by atoms with Crippen LogP contribution in [0.2, 0.25) is 0 Å². The lowest BCUT2D eigenvalue weighted by Gasteiger charge is -2.04. The van der Waals surface area contributed by atoms with Crippen molar-refractivity contribution < 1.29 is 9.13 Å². The maximum Gasteiger partial charge on any atom is 0.166 e. The van der Waals surface area contributed by atoms with Crippen LogP contribution in [0.5, 0.6) is 5.75 Å². The first-order valence-corrected chi connectivity index (χ1v) is 7.26. The normalized spacial score (nSPS) is 10.8. The third-order valence-corrected chi connectivity index (χ3v) is 3.61. The summed E-state index contributed by atoms with van der Waals surface area (Å²) in [5.74, 6) is 1.20. The summed E-state index contributed by atoms with van der Waals surface area (Å²) >= 11 is 1.60. The molecule has 0 saturated heterocycles. The molecule has 20 heavy (non-hydrogen) atoms. The number of para-hydroxylation sites is 2. The van der Waals surface area contributed by atoms with Gasteiger partial charge >= 0.3 is 0 Å². The molecule has 3 nitrogen and oxygen atoms in total. The van der Waals surface area contributed by atoms with Crippen LogP contribution in [0.25, 0.3) is 11.0 Å². The molecule has 0 aliphatic carbocycles. The first-order chi connectivity index (χ1) is 9.81. The molecule has 0 amide bonds. The SMILES string of the molecule is Fc1ccc(OCCSc2nc3ccccc3[nH]2)cc1. The fourth-order valence-electron chi connectivity index (χ4n) is 1.83. The second-order valence-corrected chi connectivity index (χ2v) is 5.29. The highest BCUT2D eigenvalue weighted by molar-refractivity contribution is 7.99. The Morgan fingerprint density at radius 1 is 1.10 bits per heavy atom. The summed E-state index contributed by atoms with van der Waals surface area (Å²) in [6.07, 6.45) is 0. The van der Waals surface area contributed by atoms with Gasteiger partial charge in [0.15, 0.2) is 5.16 Å². The number of hydrogen-bond acceptors (Lipinski definition) is 3. The lowest BCUT2D eigenvalue weighted by molar-refractivity contribution is 0.343. The van der Waals surface area contributed by atoms with Gasteiger partial charge in [0.2, 0.25) is 0 Å². The van der Waals surface area contributed by atoms with Crippen molar-refractivity contribution >= 4 is 22.8 Å². The Labute approximate surface area is 120 Å². The van der Waals surface area contributed by atoms with Gasteiger partial charge in [-0.1, -0.05) is 23.9 Å². The predicted octanol–water partition coefficient (Wildman–Crippen LogP) is 3.87. The molecule has 0 fully saturated rings. The number of aromatic nitrogens is 2. The summed E-state index contributed by atoms with van der Waals surface area (Å²) in [6, 6.07) is 14.0. The molecule has 0 aliphatic rings. The Balaban J connectivity index is 1.51. The number of imidazole rings is 1. The van der Waals surface area contributed by atoms with E-state index in [4.69, 9.17) is 4.74 Å². The van der Waals surface area contributed by atoms with Crippen LogP contribution in [0, 0.1) is 5.82 Å². The van der Waals surface area contributed by atoms with E-state index in [1.54, 1.807) is 23.9 Å². The highest BCUT2D eigenvalue weighted by atomic mass is 32.2. The number of hydrogen-bond donors (Lipinski definition) is 1. The number of ether oxygens (including phenoxy) is 1. The van der Waals surface area contributed by atoms with Gasteiger partial charge in [-0.05, 0) is 36.4 Å². The zero-order valence-electron chi connectivity index (χ0n) is 10.7. The van der Waals surface area contributed by atoms with Crippen LogP contribution in [0.1, 0.15) is 0 Å². The molecule has 1 N–H and O–H groups in total. The van der Waals surface area contributed by atoms with Crippen molar-refractivity contribution in [2.45, 2.75) is 5.16 Å². The van der Waals surface area contributed by atoms with Gasteiger partial charge in [-0.2, -0.15) is 0 Å². The van der Waals surface area contributed by atoms with Crippen LogP contribution in [0.4, 0.5) is 4.39 Å². The summed E-state index contributed by atoms with van der Waals surface area (Å²) in [7, 11) is 0. The fraction of sp³-hybridized carbons (Fsp3) is 0.133. The Morgan fingerprint density at radius 2 is 1.90 bits per heavy atom. The van der Waals surface area contributed by atoms with E-state index in [1.165, 1.54) is 12.1 Å². The third kappa shape index (κ3) is 3.11. The Bertz CT molecular complexity index is 663. The van der Waals surface area contributed by atoms with Gasteiger partial charge in [0, 0.05) is 5.75 Å². The van der Waals surface area contributed by atoms with Crippen molar-refractivity contribution in [2.75, 3.05) is 12.4 Å². The molecule has 0 bridgehead atoms. The molecular formula is C15H13FN2OS. The number of thioether (sulfide) groups is 1. The quantitative estimate of drug-likeness (QED) is 0.572. The monoisotopic (exact) mass is 288 g/mol. The molecule has 0 saturated carbocycles. The van der Waals surface area contributed by atoms with Crippen LogP contribution in [0.3, 0.4) is 0 Å². The van der Waals surface area contributed by atoms with E-state index in [1.807, 2.05) is 24.3 Å². The molecule has 0 unspecified atom stereocenters. The van der Waals surface area contributed by atoms with Crippen LogP contribution in [-0.4, -0.2) is 22.3 Å². The molecule has 3 aromatic rings. The van der Waals surface area contributed by atoms with E-state index in [-0.39, 0.29) is 5.82 Å². The number of benzene rings is 2. The van der Waals surface area contributed by atoms with Gasteiger partial charge in [0.25, 0.3) is 0 Å². The zero-order valence-corrected chi connectivity index (χ0v) is 11.5. The second kappa shape index (κ2) is 5.96. The van der Waals surface area contributed by atoms with Crippen LogP contribution < -0.4 is 4.74 Å². The van der Waals surface area contributed by atoms with Gasteiger partial charge in [0.1, 0.15) is 11.6 Å². The van der Waals surface area contributed by atoms with Crippen LogP contribution >= 0.6 is 11.8 Å². The maximum atomic E-state index is 12.7. The Kier molecular flexibility index (Phi) is 3.87. The van der Waals surface area contributed by atoms with Gasteiger partial charge in [0.05, 0.1) is 17.6 Å². The summed E-state index contributed by atoms with van der Waals surface area (Å²) in [4.78, 5) is 7.72. The molecular weight excluding hydrogens is 275 g/mol. The predicted molar refractivity (Wildman–Crippen MR) is 78.7 cm³/mol. The minimum atomic E-state index is -0.256. The first kappa shape index (κ1) is 13.0. The van der Waals surface area contributed by atoms with E-state index in [9.17, 15) is 4.39 Å². The van der Waals surface area contributed by atoms with E-state index < -0.39 is 0 Å². The molecule has 0 atom stereocenters. The number of nitrogens with zero attached hydrogens (tertiary/aromatic N) is 1. The van der Waals surface area contributed by atoms with E-state index in [0.29, 0.717) is 12.4 Å². The Hall–Kier alpha value is -2.01. The van der Waals surface area contributed by atoms with Crippen LogP contribution in [0.15, 0.2) is 53.7 Å². The summed E-state index contributed by atoms with van der Waals surface area (Å²) in [5.41, 5.74) is 2.00. The van der Waals surface area contributed by atoms with Gasteiger partial charge in [-0.15, -0.1) is 0 Å². The van der Waals surface area contributed by atoms with Gasteiger partial charge < -0.3 is 9.72 Å². The lowest BCUT2D eigenvalue weighted by atomic mass is 10.3. The summed E-state index contributed by atoms with van der Waals surface area (Å²) in [6.45, 7) is 0.549. The largest absolute Gasteiger partial charge is 0.493 e. The van der Waals surface area contributed by atoms with Crippen molar-refractivity contribution in [2.24, 2.45) is 0 Å². The molecule has 0 aliphatic heterocycles. The number of aromatic amines is 1. The molecule has 5 heteroatoms. The van der Waals surface area contributed by atoms with E-state index in [2.05, 4.69) is 9.97 Å². The first-order valence-electron chi connectivity index (χ1n) is 6.27. The minimum absolute atomic E-state index is 0.256. The van der Waals surface area contributed by atoms with Gasteiger partial charge in [-0.3, -0.25) is 0 Å². The standard InChI is InChI=1S/C15H13FN2OS/c16-11-5-7-12(8-6-11)19-9-10-20-15-17-13-3-1-2-4-14(13)18-15/h1-8H,9-10H2,(H,17,18). The third-order valence-electron chi connectivity index (χ3n) is 2.77. The van der Waals surface area contributed by atoms with Gasteiger partial charge in [-0.25, -0.2) is 9.37 Å². The van der Waals surface area contributed by atoms with Crippen molar-refractivity contribution in [3.8, 4) is 5.75 Å². The summed E-state index contributed by atoms with van der Waals surface area (Å²) in [5, 5.41) is 0.883. The fourth-order valence-corrected chi connectivity index (χ4v) is 2.53. The zero-order chi connectivity index (χ0) is 13.8.